The molecule has 10 nitrogen and oxygen atoms in total. The third-order valence-electron chi connectivity index (χ3n) is 5.20. The first-order chi connectivity index (χ1) is 15.1. The van der Waals surface area contributed by atoms with E-state index in [4.69, 9.17) is 0 Å². The second kappa shape index (κ2) is 8.01. The molecule has 0 aliphatic carbocycles. The number of sulfonamides is 1. The summed E-state index contributed by atoms with van der Waals surface area (Å²) in [5.41, 5.74) is 0.414. The number of amides is 1. The monoisotopic (exact) mass is 473 g/mol. The summed E-state index contributed by atoms with van der Waals surface area (Å²) in [6.45, 7) is 0.288. The van der Waals surface area contributed by atoms with E-state index in [0.717, 1.165) is 6.26 Å². The normalized spacial score (nSPS) is 15.6. The zero-order valence-electron chi connectivity index (χ0n) is 17.0. The number of benzene rings is 1. The fourth-order valence-electron chi connectivity index (χ4n) is 3.63. The molecule has 1 amide bonds. The number of hydrogen-bond acceptors (Lipinski definition) is 7. The molecule has 0 radical (unpaired) electrons. The van der Waals surface area contributed by atoms with Crippen molar-refractivity contribution >= 4 is 31.3 Å². The number of imidazole rings is 1. The molecule has 1 fully saturated rings. The van der Waals surface area contributed by atoms with Crippen LogP contribution in [0.4, 0.5) is 0 Å². The minimum atomic E-state index is -3.89. The molecule has 12 heteroatoms. The van der Waals surface area contributed by atoms with Crippen LogP contribution in [0.5, 0.6) is 0 Å². The van der Waals surface area contributed by atoms with Crippen molar-refractivity contribution in [2.45, 2.75) is 10.1 Å². The SMILES string of the molecule is CS(=O)(=O)c1nc(C(=O)N2CCN(S(=O)(=O)c3ccccc3C#N)CC2)c2ccccn12. The Morgan fingerprint density at radius 3 is 2.31 bits per heavy atom. The van der Waals surface area contributed by atoms with E-state index >= 15 is 0 Å². The van der Waals surface area contributed by atoms with E-state index in [1.807, 2.05) is 6.07 Å². The van der Waals surface area contributed by atoms with E-state index < -0.39 is 25.8 Å². The van der Waals surface area contributed by atoms with Crippen molar-refractivity contribution in [3.8, 4) is 6.07 Å². The molecule has 1 aromatic carbocycles. The van der Waals surface area contributed by atoms with Crippen LogP contribution in [0.2, 0.25) is 0 Å². The van der Waals surface area contributed by atoms with Gasteiger partial charge in [0.25, 0.3) is 5.91 Å². The summed E-state index contributed by atoms with van der Waals surface area (Å²) < 4.78 is 52.8. The summed E-state index contributed by atoms with van der Waals surface area (Å²) in [5, 5.41) is 9.00. The number of nitrogens with zero attached hydrogens (tertiary/aromatic N) is 5. The van der Waals surface area contributed by atoms with Crippen LogP contribution in [0, 0.1) is 11.3 Å². The fourth-order valence-corrected chi connectivity index (χ4v) is 5.97. The number of carbonyl (C=O) groups is 1. The van der Waals surface area contributed by atoms with Gasteiger partial charge in [-0.05, 0) is 24.3 Å². The lowest BCUT2D eigenvalue weighted by atomic mass is 10.2. The zero-order chi connectivity index (χ0) is 23.1. The summed E-state index contributed by atoms with van der Waals surface area (Å²) in [6, 6.07) is 12.8. The third kappa shape index (κ3) is 3.75. The highest BCUT2D eigenvalue weighted by molar-refractivity contribution is 7.90. The van der Waals surface area contributed by atoms with Gasteiger partial charge in [0.15, 0.2) is 5.69 Å². The number of sulfone groups is 1. The van der Waals surface area contributed by atoms with Crippen molar-refractivity contribution in [3.05, 3.63) is 59.9 Å². The Morgan fingerprint density at radius 1 is 1.00 bits per heavy atom. The molecule has 166 valence electrons. The summed E-state index contributed by atoms with van der Waals surface area (Å²) in [7, 11) is -7.57. The molecule has 1 saturated heterocycles. The van der Waals surface area contributed by atoms with Gasteiger partial charge in [0.2, 0.25) is 25.0 Å². The lowest BCUT2D eigenvalue weighted by Gasteiger charge is -2.33. The molecular weight excluding hydrogens is 454 g/mol. The first-order valence-electron chi connectivity index (χ1n) is 9.60. The van der Waals surface area contributed by atoms with Gasteiger partial charge in [0.05, 0.1) is 16.0 Å². The first-order valence-corrected chi connectivity index (χ1v) is 12.9. The Hall–Kier alpha value is -3.27. The van der Waals surface area contributed by atoms with Gasteiger partial charge in [-0.2, -0.15) is 9.57 Å². The van der Waals surface area contributed by atoms with Gasteiger partial charge < -0.3 is 4.90 Å². The van der Waals surface area contributed by atoms with E-state index in [2.05, 4.69) is 4.98 Å². The summed E-state index contributed by atoms with van der Waals surface area (Å²) >= 11 is 0. The fraction of sp³-hybridized carbons (Fsp3) is 0.250. The van der Waals surface area contributed by atoms with Gasteiger partial charge in [-0.25, -0.2) is 21.8 Å². The van der Waals surface area contributed by atoms with Crippen LogP contribution in [0.15, 0.2) is 58.7 Å². The Morgan fingerprint density at radius 2 is 1.66 bits per heavy atom. The highest BCUT2D eigenvalue weighted by Gasteiger charge is 2.33. The topological polar surface area (TPSA) is 133 Å². The molecule has 2 aromatic heterocycles. The zero-order valence-corrected chi connectivity index (χ0v) is 18.7. The number of fused-ring (bicyclic) bond motifs is 1. The Kier molecular flexibility index (Phi) is 5.49. The van der Waals surface area contributed by atoms with Crippen molar-refractivity contribution in [2.24, 2.45) is 0 Å². The number of carbonyl (C=O) groups excluding carboxylic acids is 1. The van der Waals surface area contributed by atoms with Crippen molar-refractivity contribution in [1.82, 2.24) is 18.6 Å². The van der Waals surface area contributed by atoms with Gasteiger partial charge in [0.1, 0.15) is 6.07 Å². The van der Waals surface area contributed by atoms with Crippen molar-refractivity contribution in [1.29, 1.82) is 5.26 Å². The predicted molar refractivity (Wildman–Crippen MR) is 114 cm³/mol. The number of pyridine rings is 1. The van der Waals surface area contributed by atoms with Gasteiger partial charge in [-0.1, -0.05) is 18.2 Å². The van der Waals surface area contributed by atoms with E-state index in [-0.39, 0.29) is 47.5 Å². The minimum Gasteiger partial charge on any atom is -0.335 e. The number of rotatable bonds is 4. The first kappa shape index (κ1) is 21.9. The summed E-state index contributed by atoms with van der Waals surface area (Å²) in [4.78, 5) is 18.6. The van der Waals surface area contributed by atoms with Crippen LogP contribution >= 0.6 is 0 Å². The molecular formula is C20H19N5O5S2. The quantitative estimate of drug-likeness (QED) is 0.546. The third-order valence-corrected chi connectivity index (χ3v) is 8.11. The van der Waals surface area contributed by atoms with Crippen LogP contribution in [0.25, 0.3) is 5.52 Å². The molecule has 32 heavy (non-hydrogen) atoms. The lowest BCUT2D eigenvalue weighted by Crippen LogP contribution is -2.50. The molecule has 0 bridgehead atoms. The minimum absolute atomic E-state index is 0.00263. The van der Waals surface area contributed by atoms with Gasteiger partial charge in [-0.15, -0.1) is 0 Å². The Bertz CT molecular complexity index is 1460. The smallest absolute Gasteiger partial charge is 0.274 e. The Balaban J connectivity index is 1.58. The summed E-state index contributed by atoms with van der Waals surface area (Å²) in [5.74, 6) is -0.474. The molecule has 0 unspecified atom stereocenters. The molecule has 0 spiro atoms. The van der Waals surface area contributed by atoms with E-state index in [9.17, 15) is 26.9 Å². The molecule has 4 rings (SSSR count). The largest absolute Gasteiger partial charge is 0.335 e. The lowest BCUT2D eigenvalue weighted by molar-refractivity contribution is 0.0694. The molecule has 1 aliphatic rings. The van der Waals surface area contributed by atoms with Crippen LogP contribution in [-0.4, -0.2) is 73.8 Å². The predicted octanol–water partition coefficient (Wildman–Crippen LogP) is 0.756. The average molecular weight is 474 g/mol. The Labute approximate surface area is 185 Å². The maximum Gasteiger partial charge on any atom is 0.274 e. The molecule has 3 heterocycles. The van der Waals surface area contributed by atoms with Crippen LogP contribution in [0.1, 0.15) is 16.1 Å². The van der Waals surface area contributed by atoms with E-state index in [1.165, 1.54) is 31.9 Å². The van der Waals surface area contributed by atoms with Gasteiger partial charge >= 0.3 is 0 Å². The molecule has 0 N–H and O–H groups in total. The second-order valence-electron chi connectivity index (χ2n) is 7.28. The van der Waals surface area contributed by atoms with Crippen LogP contribution in [-0.2, 0) is 19.9 Å². The number of aromatic nitrogens is 2. The molecule has 1 aliphatic heterocycles. The maximum atomic E-state index is 13.1. The number of nitriles is 1. The molecule has 0 atom stereocenters. The van der Waals surface area contributed by atoms with E-state index in [0.29, 0.717) is 5.52 Å². The number of piperazine rings is 1. The highest BCUT2D eigenvalue weighted by atomic mass is 32.2. The standard InChI is InChI=1S/C20H19N5O5S2/c1-31(27,28)20-22-18(16-7-4-5-9-25(16)20)19(26)23-10-12-24(13-11-23)32(29,30)17-8-3-2-6-15(17)14-21/h2-9H,10-13H2,1H3. The number of hydrogen-bond donors (Lipinski definition) is 0. The van der Waals surface area contributed by atoms with Crippen molar-refractivity contribution in [3.63, 3.8) is 0 Å². The maximum absolute atomic E-state index is 13.1. The van der Waals surface area contributed by atoms with Gasteiger partial charge in [0, 0.05) is 38.6 Å². The van der Waals surface area contributed by atoms with E-state index in [1.54, 1.807) is 30.3 Å². The average Bonchev–Trinajstić information content (AvgIpc) is 3.19. The molecule has 3 aromatic rings. The summed E-state index contributed by atoms with van der Waals surface area (Å²) in [6.07, 6.45) is 2.54. The van der Waals surface area contributed by atoms with Crippen molar-refractivity contribution in [2.75, 3.05) is 32.4 Å². The van der Waals surface area contributed by atoms with Crippen LogP contribution < -0.4 is 0 Å². The second-order valence-corrected chi connectivity index (χ2v) is 11.1. The van der Waals surface area contributed by atoms with Crippen molar-refractivity contribution < 1.29 is 21.6 Å². The van der Waals surface area contributed by atoms with Crippen LogP contribution in [0.3, 0.4) is 0 Å². The highest BCUT2D eigenvalue weighted by Crippen LogP contribution is 2.23. The van der Waals surface area contributed by atoms with Gasteiger partial charge in [-0.3, -0.25) is 9.20 Å². The molecule has 0 saturated carbocycles.